The molecule has 6 aromatic rings. The first kappa shape index (κ1) is 28.0. The van der Waals surface area contributed by atoms with Crippen LogP contribution < -0.4 is 15.2 Å². The third-order valence-corrected chi connectivity index (χ3v) is 8.45. The number of aryl methyl sites for hydroxylation is 2. The van der Waals surface area contributed by atoms with E-state index in [2.05, 4.69) is 31.7 Å². The van der Waals surface area contributed by atoms with Gasteiger partial charge in [0.1, 0.15) is 16.1 Å². The molecule has 43 heavy (non-hydrogen) atoms. The van der Waals surface area contributed by atoms with Gasteiger partial charge < -0.3 is 10.1 Å². The number of benzene rings is 3. The van der Waals surface area contributed by atoms with Crippen molar-refractivity contribution in [3.63, 3.8) is 0 Å². The Labute approximate surface area is 251 Å². The number of nitrogens with two attached hydrogens (primary N) is 1. The van der Waals surface area contributed by atoms with Gasteiger partial charge >= 0.3 is 0 Å². The number of hydrogen-bond donors (Lipinski definition) is 2. The summed E-state index contributed by atoms with van der Waals surface area (Å²) < 4.78 is 31.8. The van der Waals surface area contributed by atoms with Crippen LogP contribution in [0.5, 0.6) is 11.6 Å². The van der Waals surface area contributed by atoms with Crippen molar-refractivity contribution >= 4 is 43.2 Å². The van der Waals surface area contributed by atoms with Crippen molar-refractivity contribution in [3.05, 3.63) is 101 Å². The molecule has 3 aromatic carbocycles. The Morgan fingerprint density at radius 1 is 1.02 bits per heavy atom. The lowest BCUT2D eigenvalue weighted by Gasteiger charge is -2.13. The van der Waals surface area contributed by atoms with Crippen LogP contribution in [-0.2, 0) is 16.6 Å². The summed E-state index contributed by atoms with van der Waals surface area (Å²) in [4.78, 5) is 9.37. The number of hydrogen-bond acceptors (Lipinski definition) is 10. The molecule has 11 nitrogen and oxygen atoms in total. The highest BCUT2D eigenvalue weighted by atomic mass is 32.2. The highest BCUT2D eigenvalue weighted by Gasteiger charge is 2.15. The lowest BCUT2D eigenvalue weighted by Crippen LogP contribution is -2.12. The van der Waals surface area contributed by atoms with Gasteiger partial charge in [0.25, 0.3) is 0 Å². The van der Waals surface area contributed by atoms with Crippen LogP contribution in [0.15, 0.2) is 83.2 Å². The molecule has 0 amide bonds. The molecule has 0 radical (unpaired) electrons. The molecule has 3 N–H and O–H groups in total. The Morgan fingerprint density at radius 2 is 1.74 bits per heavy atom. The second-order valence-corrected chi connectivity index (χ2v) is 12.3. The first-order valence-electron chi connectivity index (χ1n) is 13.0. The Kier molecular flexibility index (Phi) is 7.32. The minimum Gasteiger partial charge on any atom is -0.437 e. The maximum Gasteiger partial charge on any atom is 0.242 e. The standard InChI is InChI=1S/C30H24N8O3S2/c1-18-13-21(15-31)14-19(2)27(18)41-29-28-25(11-12-42-28)34-30(35-29)33-23-7-5-22(6-8-23)26-17-38(37-36-26)16-20-3-9-24(10-4-20)43(32,39)40/h3-14,17H,16H2,1-2H3,(H2,32,39,40)(H,33,34,35). The predicted molar refractivity (Wildman–Crippen MR) is 164 cm³/mol. The van der Waals surface area contributed by atoms with Gasteiger partial charge in [-0.25, -0.2) is 23.2 Å². The van der Waals surface area contributed by atoms with Crippen LogP contribution in [0.1, 0.15) is 22.3 Å². The maximum absolute atomic E-state index is 11.5. The number of sulfonamides is 1. The van der Waals surface area contributed by atoms with E-state index in [0.29, 0.717) is 35.4 Å². The molecular formula is C30H24N8O3S2. The van der Waals surface area contributed by atoms with Crippen molar-refractivity contribution in [3.8, 4) is 29.0 Å². The van der Waals surface area contributed by atoms with Crippen molar-refractivity contribution < 1.29 is 13.2 Å². The molecule has 0 aliphatic carbocycles. The zero-order valence-corrected chi connectivity index (χ0v) is 24.6. The third kappa shape index (κ3) is 6.07. The van der Waals surface area contributed by atoms with Crippen LogP contribution in [0, 0.1) is 25.2 Å². The van der Waals surface area contributed by atoms with Gasteiger partial charge in [0.15, 0.2) is 0 Å². The van der Waals surface area contributed by atoms with E-state index in [-0.39, 0.29) is 4.90 Å². The Bertz CT molecular complexity index is 2090. The van der Waals surface area contributed by atoms with E-state index in [9.17, 15) is 13.7 Å². The SMILES string of the molecule is Cc1cc(C#N)cc(C)c1Oc1nc(Nc2ccc(-c3cn(Cc4ccc(S(N)(=O)=O)cc4)nn3)cc2)nc2ccsc12. The Morgan fingerprint density at radius 3 is 2.42 bits per heavy atom. The van der Waals surface area contributed by atoms with Gasteiger partial charge in [0, 0.05) is 11.3 Å². The molecule has 0 fully saturated rings. The maximum atomic E-state index is 11.5. The van der Waals surface area contributed by atoms with Crippen LogP contribution in [0.25, 0.3) is 21.5 Å². The van der Waals surface area contributed by atoms with Crippen molar-refractivity contribution in [2.75, 3.05) is 5.32 Å². The monoisotopic (exact) mass is 608 g/mol. The molecule has 0 saturated heterocycles. The highest BCUT2D eigenvalue weighted by molar-refractivity contribution is 7.89. The van der Waals surface area contributed by atoms with Gasteiger partial charge in [-0.2, -0.15) is 10.2 Å². The summed E-state index contributed by atoms with van der Waals surface area (Å²) in [5, 5.41) is 28.1. The molecule has 3 aromatic heterocycles. The Hall–Kier alpha value is -5.16. The highest BCUT2D eigenvalue weighted by Crippen LogP contribution is 2.36. The van der Waals surface area contributed by atoms with E-state index in [1.807, 2.05) is 55.8 Å². The summed E-state index contributed by atoms with van der Waals surface area (Å²) in [5.74, 6) is 1.49. The molecule has 0 saturated carbocycles. The van der Waals surface area contributed by atoms with E-state index in [4.69, 9.17) is 9.88 Å². The zero-order chi connectivity index (χ0) is 30.1. The second kappa shape index (κ2) is 11.3. The second-order valence-electron chi connectivity index (χ2n) is 9.83. The largest absolute Gasteiger partial charge is 0.437 e. The predicted octanol–water partition coefficient (Wildman–Crippen LogP) is 5.67. The van der Waals surface area contributed by atoms with Crippen LogP contribution >= 0.6 is 11.3 Å². The molecule has 3 heterocycles. The van der Waals surface area contributed by atoms with E-state index in [1.165, 1.54) is 23.5 Å². The fourth-order valence-electron chi connectivity index (χ4n) is 4.57. The van der Waals surface area contributed by atoms with Gasteiger partial charge in [-0.05, 0) is 78.4 Å². The van der Waals surface area contributed by atoms with E-state index in [0.717, 1.165) is 38.2 Å². The summed E-state index contributed by atoms with van der Waals surface area (Å²) >= 11 is 1.50. The molecule has 0 atom stereocenters. The molecule has 6 rings (SSSR count). The minimum atomic E-state index is -3.74. The lowest BCUT2D eigenvalue weighted by molar-refractivity contribution is 0.463. The summed E-state index contributed by atoms with van der Waals surface area (Å²) in [6.45, 7) is 4.23. The number of rotatable bonds is 8. The molecular weight excluding hydrogens is 585 g/mol. The average molecular weight is 609 g/mol. The lowest BCUT2D eigenvalue weighted by atomic mass is 10.1. The number of fused-ring (bicyclic) bond motifs is 1. The van der Waals surface area contributed by atoms with E-state index < -0.39 is 10.0 Å². The van der Waals surface area contributed by atoms with Crippen molar-refractivity contribution in [1.82, 2.24) is 25.0 Å². The van der Waals surface area contributed by atoms with Gasteiger partial charge in [-0.3, -0.25) is 0 Å². The number of nitriles is 1. The number of primary sulfonamides is 1. The van der Waals surface area contributed by atoms with Gasteiger partial charge in [-0.15, -0.1) is 16.4 Å². The fraction of sp³-hybridized carbons (Fsp3) is 0.100. The van der Waals surface area contributed by atoms with Gasteiger partial charge in [0.05, 0.1) is 34.8 Å². The van der Waals surface area contributed by atoms with Gasteiger partial charge in [-0.1, -0.05) is 29.5 Å². The zero-order valence-electron chi connectivity index (χ0n) is 23.0. The van der Waals surface area contributed by atoms with Crippen LogP contribution in [-0.4, -0.2) is 33.4 Å². The van der Waals surface area contributed by atoms with Crippen LogP contribution in [0.2, 0.25) is 0 Å². The molecule has 0 unspecified atom stereocenters. The molecule has 214 valence electrons. The topological polar surface area (TPSA) is 162 Å². The van der Waals surface area contributed by atoms with Crippen LogP contribution in [0.4, 0.5) is 11.6 Å². The first-order valence-corrected chi connectivity index (χ1v) is 15.4. The normalized spacial score (nSPS) is 11.4. The quantitative estimate of drug-likeness (QED) is 0.222. The number of anilines is 2. The van der Waals surface area contributed by atoms with Crippen molar-refractivity contribution in [2.45, 2.75) is 25.3 Å². The fourth-order valence-corrected chi connectivity index (χ4v) is 5.84. The summed E-state index contributed by atoms with van der Waals surface area (Å²) in [6.07, 6.45) is 1.82. The number of aromatic nitrogens is 5. The summed E-state index contributed by atoms with van der Waals surface area (Å²) in [5.41, 5.74) is 6.23. The third-order valence-electron chi connectivity index (χ3n) is 6.63. The van der Waals surface area contributed by atoms with E-state index >= 15 is 0 Å². The summed E-state index contributed by atoms with van der Waals surface area (Å²) in [7, 11) is -3.74. The number of nitrogens with zero attached hydrogens (tertiary/aromatic N) is 6. The molecule has 0 aliphatic rings. The van der Waals surface area contributed by atoms with Gasteiger partial charge in [0.2, 0.25) is 21.9 Å². The smallest absolute Gasteiger partial charge is 0.242 e. The Balaban J connectivity index is 1.18. The van der Waals surface area contributed by atoms with Crippen molar-refractivity contribution in [2.24, 2.45) is 5.14 Å². The average Bonchev–Trinajstić information content (AvgIpc) is 3.65. The number of nitrogens with one attached hydrogen (secondary N) is 1. The number of ether oxygens (including phenoxy) is 1. The first-order chi connectivity index (χ1) is 20.7. The van der Waals surface area contributed by atoms with Crippen LogP contribution in [0.3, 0.4) is 0 Å². The van der Waals surface area contributed by atoms with E-state index in [1.54, 1.807) is 28.9 Å². The molecule has 0 aliphatic heterocycles. The number of thiophene rings is 1. The molecule has 0 spiro atoms. The summed E-state index contributed by atoms with van der Waals surface area (Å²) in [6, 6.07) is 21.6. The molecule has 13 heteroatoms. The van der Waals surface area contributed by atoms with Crippen molar-refractivity contribution in [1.29, 1.82) is 5.26 Å². The molecule has 0 bridgehead atoms. The minimum absolute atomic E-state index is 0.0603.